The summed E-state index contributed by atoms with van der Waals surface area (Å²) in [7, 11) is 0. The van der Waals surface area contributed by atoms with Crippen LogP contribution in [0.25, 0.3) is 11.1 Å². The molecular formula is C22H18BrNO3. The first-order chi connectivity index (χ1) is 12.8. The van der Waals surface area contributed by atoms with Crippen LogP contribution in [0.1, 0.15) is 52.8 Å². The summed E-state index contributed by atoms with van der Waals surface area (Å²) in [6.45, 7) is 5.99. The van der Waals surface area contributed by atoms with Crippen LogP contribution < -0.4 is 5.32 Å². The Labute approximate surface area is 165 Å². The summed E-state index contributed by atoms with van der Waals surface area (Å²) in [5.41, 5.74) is 2.21. The molecule has 3 aromatic rings. The van der Waals surface area contributed by atoms with Gasteiger partial charge in [0.2, 0.25) is 11.7 Å². The molecule has 4 rings (SSSR count). The van der Waals surface area contributed by atoms with Crippen LogP contribution in [0.5, 0.6) is 0 Å². The molecule has 1 N–H and O–H groups in total. The lowest BCUT2D eigenvalue weighted by Crippen LogP contribution is -2.26. The zero-order chi connectivity index (χ0) is 19.3. The second kappa shape index (κ2) is 6.20. The smallest absolute Gasteiger partial charge is 0.229 e. The Bertz CT molecular complexity index is 1090. The number of carbonyl (C=O) groups is 2. The van der Waals surface area contributed by atoms with E-state index < -0.39 is 0 Å². The molecule has 0 atom stereocenters. The van der Waals surface area contributed by atoms with Gasteiger partial charge in [-0.25, -0.2) is 0 Å². The molecule has 5 heteroatoms. The summed E-state index contributed by atoms with van der Waals surface area (Å²) in [5.74, 6) is 0.0530. The van der Waals surface area contributed by atoms with E-state index in [0.717, 1.165) is 10.0 Å². The maximum Gasteiger partial charge on any atom is 0.229 e. The van der Waals surface area contributed by atoms with E-state index >= 15 is 0 Å². The van der Waals surface area contributed by atoms with Crippen LogP contribution in [0.15, 0.2) is 57.4 Å². The first-order valence-corrected chi connectivity index (χ1v) is 9.45. The first-order valence-electron chi connectivity index (χ1n) is 8.66. The van der Waals surface area contributed by atoms with Gasteiger partial charge in [-0.1, -0.05) is 58.4 Å². The van der Waals surface area contributed by atoms with Gasteiger partial charge in [-0.2, -0.15) is 0 Å². The molecule has 4 nitrogen and oxygen atoms in total. The van der Waals surface area contributed by atoms with Gasteiger partial charge in [0, 0.05) is 26.7 Å². The van der Waals surface area contributed by atoms with Crippen LogP contribution in [-0.4, -0.2) is 17.1 Å². The lowest BCUT2D eigenvalue weighted by Gasteiger charge is -2.21. The fourth-order valence-corrected chi connectivity index (χ4v) is 3.78. The van der Waals surface area contributed by atoms with Crippen molar-refractivity contribution in [2.45, 2.75) is 26.3 Å². The first kappa shape index (κ1) is 17.7. The van der Waals surface area contributed by atoms with Crippen LogP contribution in [0.3, 0.4) is 0 Å². The van der Waals surface area contributed by atoms with E-state index in [1.165, 1.54) is 0 Å². The number of furan rings is 1. The second-order valence-electron chi connectivity index (χ2n) is 7.57. The van der Waals surface area contributed by atoms with E-state index in [0.29, 0.717) is 28.1 Å². The third-order valence-electron chi connectivity index (χ3n) is 4.39. The van der Waals surface area contributed by atoms with E-state index in [1.54, 1.807) is 24.3 Å². The highest BCUT2D eigenvalue weighted by Gasteiger charge is 2.38. The highest BCUT2D eigenvalue weighted by Crippen LogP contribution is 2.44. The van der Waals surface area contributed by atoms with Crippen molar-refractivity contribution in [1.82, 2.24) is 0 Å². The van der Waals surface area contributed by atoms with E-state index in [2.05, 4.69) is 21.2 Å². The van der Waals surface area contributed by atoms with E-state index in [1.807, 2.05) is 45.0 Å². The summed E-state index contributed by atoms with van der Waals surface area (Å²) >= 11 is 3.56. The minimum absolute atomic E-state index is 0.0937. The minimum Gasteiger partial charge on any atom is -0.436 e. The maximum atomic E-state index is 13.3. The number of anilines is 1. The summed E-state index contributed by atoms with van der Waals surface area (Å²) in [6.07, 6.45) is 0. The molecule has 27 heavy (non-hydrogen) atoms. The van der Waals surface area contributed by atoms with Crippen LogP contribution in [0, 0.1) is 0 Å². The van der Waals surface area contributed by atoms with Crippen LogP contribution in [-0.2, 0) is 0 Å². The van der Waals surface area contributed by atoms with Crippen molar-refractivity contribution in [3.05, 3.63) is 75.5 Å². The number of nitrogens with one attached hydrogen (secondary N) is 1. The number of benzene rings is 2. The number of ketones is 2. The minimum atomic E-state index is -0.310. The molecule has 2 aromatic carbocycles. The molecule has 0 saturated carbocycles. The number of hydrogen-bond acceptors (Lipinski definition) is 4. The van der Waals surface area contributed by atoms with Crippen molar-refractivity contribution in [1.29, 1.82) is 0 Å². The predicted molar refractivity (Wildman–Crippen MR) is 109 cm³/mol. The average molecular weight is 424 g/mol. The molecule has 0 amide bonds. The summed E-state index contributed by atoms with van der Waals surface area (Å²) in [5, 5.41) is 3.31. The molecular weight excluding hydrogens is 406 g/mol. The van der Waals surface area contributed by atoms with E-state index in [4.69, 9.17) is 4.42 Å². The number of rotatable bonds is 2. The quantitative estimate of drug-likeness (QED) is 0.449. The monoisotopic (exact) mass is 423 g/mol. The molecule has 1 aromatic heterocycles. The van der Waals surface area contributed by atoms with Gasteiger partial charge in [-0.3, -0.25) is 9.59 Å². The zero-order valence-corrected chi connectivity index (χ0v) is 16.8. The molecule has 0 unspecified atom stereocenters. The molecule has 136 valence electrons. The number of carbonyl (C=O) groups excluding carboxylic acids is 2. The highest BCUT2D eigenvalue weighted by molar-refractivity contribution is 9.10. The molecule has 1 aliphatic carbocycles. The highest BCUT2D eigenvalue weighted by atomic mass is 79.9. The third-order valence-corrected chi connectivity index (χ3v) is 5.08. The fraction of sp³-hybridized carbons (Fsp3) is 0.182. The predicted octanol–water partition coefficient (Wildman–Crippen LogP) is 5.69. The molecule has 0 aliphatic heterocycles. The van der Waals surface area contributed by atoms with Gasteiger partial charge >= 0.3 is 0 Å². The Morgan fingerprint density at radius 1 is 0.815 bits per heavy atom. The Morgan fingerprint density at radius 2 is 1.37 bits per heavy atom. The van der Waals surface area contributed by atoms with Crippen molar-refractivity contribution in [2.75, 3.05) is 5.32 Å². The fourth-order valence-electron chi connectivity index (χ4n) is 3.29. The summed E-state index contributed by atoms with van der Waals surface area (Å²) < 4.78 is 6.78. The molecule has 1 aliphatic rings. The SMILES string of the molecule is CC(C)(C)Nc1oc2c(c1-c1ccccc1Br)C(=O)c1ccccc1C2=O. The molecule has 0 radical (unpaired) electrons. The van der Waals surface area contributed by atoms with Crippen molar-refractivity contribution >= 4 is 33.4 Å². The normalized spacial score (nSPS) is 13.3. The summed E-state index contributed by atoms with van der Waals surface area (Å²) in [4.78, 5) is 26.3. The molecule has 1 heterocycles. The molecule has 0 saturated heterocycles. The van der Waals surface area contributed by atoms with Crippen molar-refractivity contribution in [2.24, 2.45) is 0 Å². The van der Waals surface area contributed by atoms with Crippen LogP contribution in [0.4, 0.5) is 5.88 Å². The Kier molecular flexibility index (Phi) is 4.07. The van der Waals surface area contributed by atoms with Gasteiger partial charge < -0.3 is 9.73 Å². The van der Waals surface area contributed by atoms with Gasteiger partial charge in [0.1, 0.15) is 0 Å². The molecule has 0 bridgehead atoms. The average Bonchev–Trinajstić information content (AvgIpc) is 2.97. The van der Waals surface area contributed by atoms with Gasteiger partial charge in [0.05, 0.1) is 11.1 Å². The van der Waals surface area contributed by atoms with Crippen LogP contribution >= 0.6 is 15.9 Å². The number of halogens is 1. The van der Waals surface area contributed by atoms with Crippen LogP contribution in [0.2, 0.25) is 0 Å². The van der Waals surface area contributed by atoms with Crippen molar-refractivity contribution < 1.29 is 14.0 Å². The van der Waals surface area contributed by atoms with Crippen molar-refractivity contribution in [3.8, 4) is 11.1 Å². The van der Waals surface area contributed by atoms with Gasteiger partial charge in [-0.05, 0) is 26.8 Å². The Hall–Kier alpha value is -2.66. The molecule has 0 spiro atoms. The Morgan fingerprint density at radius 3 is 1.96 bits per heavy atom. The topological polar surface area (TPSA) is 59.3 Å². The summed E-state index contributed by atoms with van der Waals surface area (Å²) in [6, 6.07) is 14.5. The molecule has 0 fully saturated rings. The lowest BCUT2D eigenvalue weighted by atomic mass is 9.85. The number of fused-ring (bicyclic) bond motifs is 2. The zero-order valence-electron chi connectivity index (χ0n) is 15.2. The largest absolute Gasteiger partial charge is 0.436 e. The lowest BCUT2D eigenvalue weighted by molar-refractivity contribution is 0.0961. The third kappa shape index (κ3) is 2.92. The van der Waals surface area contributed by atoms with E-state index in [-0.39, 0.29) is 22.9 Å². The number of hydrogen-bond donors (Lipinski definition) is 1. The standard InChI is InChI=1S/C22H18BrNO3/c1-22(2,3)24-21-16(14-10-6-7-11-15(14)23)17-18(25)12-8-4-5-9-13(12)19(26)20(17)27-21/h4-11,24H,1-3H3. The van der Waals surface area contributed by atoms with E-state index in [9.17, 15) is 9.59 Å². The Balaban J connectivity index is 2.03. The maximum absolute atomic E-state index is 13.3. The van der Waals surface area contributed by atoms with Gasteiger partial charge in [0.15, 0.2) is 11.5 Å². The second-order valence-corrected chi connectivity index (χ2v) is 8.42. The van der Waals surface area contributed by atoms with Crippen molar-refractivity contribution in [3.63, 3.8) is 0 Å². The van der Waals surface area contributed by atoms with Gasteiger partial charge in [0.25, 0.3) is 0 Å². The van der Waals surface area contributed by atoms with Gasteiger partial charge in [-0.15, -0.1) is 0 Å².